The lowest BCUT2D eigenvalue weighted by Gasteiger charge is -2.12. The predicted octanol–water partition coefficient (Wildman–Crippen LogP) is 0.729. The van der Waals surface area contributed by atoms with Gasteiger partial charge in [0.15, 0.2) is 12.4 Å². The van der Waals surface area contributed by atoms with E-state index in [1.165, 1.54) is 44.6 Å². The molecule has 0 unspecified atom stereocenters. The Morgan fingerprint density at radius 2 is 1.77 bits per heavy atom. The quantitative estimate of drug-likeness (QED) is 0.447. The number of benzene rings is 1. The Morgan fingerprint density at radius 3 is 2.37 bits per heavy atom. The van der Waals surface area contributed by atoms with Gasteiger partial charge in [-0.15, -0.1) is 6.42 Å². The van der Waals surface area contributed by atoms with Crippen molar-refractivity contribution in [2.45, 2.75) is 0 Å². The Hall–Kier alpha value is -4.05. The molecule has 0 spiro atoms. The summed E-state index contributed by atoms with van der Waals surface area (Å²) in [6, 6.07) is 5.44. The second-order valence-corrected chi connectivity index (χ2v) is 6.43. The Labute approximate surface area is 171 Å². The fourth-order valence-corrected chi connectivity index (χ4v) is 2.64. The maximum atomic E-state index is 12.2. The maximum absolute atomic E-state index is 12.2. The highest BCUT2D eigenvalue weighted by atomic mass is 32.2. The number of carbonyl (C=O) groups is 2. The van der Waals surface area contributed by atoms with Crippen molar-refractivity contribution in [3.63, 3.8) is 0 Å². The van der Waals surface area contributed by atoms with Crippen LogP contribution in [0.5, 0.6) is 17.5 Å². The number of ether oxygens (including phenoxy) is 3. The molecule has 0 aliphatic carbocycles. The van der Waals surface area contributed by atoms with Crippen molar-refractivity contribution in [2.24, 2.45) is 0 Å². The van der Waals surface area contributed by atoms with E-state index >= 15 is 0 Å². The van der Waals surface area contributed by atoms with Crippen molar-refractivity contribution in [1.29, 1.82) is 0 Å². The van der Waals surface area contributed by atoms with Crippen LogP contribution in [0.3, 0.4) is 0 Å². The molecule has 0 saturated carbocycles. The minimum Gasteiger partial charge on any atom is -0.481 e. The summed E-state index contributed by atoms with van der Waals surface area (Å²) in [7, 11) is -2.03. The topological polar surface area (TPSA) is 155 Å². The van der Waals surface area contributed by atoms with Gasteiger partial charge in [0.05, 0.1) is 20.3 Å². The van der Waals surface area contributed by atoms with E-state index < -0.39 is 22.3 Å². The molecule has 0 aliphatic rings. The van der Waals surface area contributed by atoms with Crippen LogP contribution in [-0.2, 0) is 15.0 Å². The van der Waals surface area contributed by atoms with Crippen LogP contribution in [0.1, 0.15) is 10.4 Å². The number of terminal acetylenes is 1. The first-order chi connectivity index (χ1) is 14.3. The SMILES string of the molecule is C#CCOC(=O)c1ccccc1OS(=O)(=O)NC(=O)Nc1nc(OC)cc(OC)n1. The van der Waals surface area contributed by atoms with E-state index in [1.807, 2.05) is 0 Å². The summed E-state index contributed by atoms with van der Waals surface area (Å²) in [6.45, 7) is -0.315. The molecule has 0 atom stereocenters. The molecule has 2 amide bonds. The average molecular weight is 436 g/mol. The van der Waals surface area contributed by atoms with Crippen molar-refractivity contribution < 1.29 is 36.4 Å². The van der Waals surface area contributed by atoms with E-state index in [4.69, 9.17) is 24.8 Å². The molecule has 2 N–H and O–H groups in total. The third kappa shape index (κ3) is 6.24. The first kappa shape index (κ1) is 22.2. The molecule has 30 heavy (non-hydrogen) atoms. The molecule has 2 rings (SSSR count). The summed E-state index contributed by atoms with van der Waals surface area (Å²) in [4.78, 5) is 31.6. The molecular formula is C17H16N4O8S. The van der Waals surface area contributed by atoms with E-state index in [2.05, 4.69) is 21.2 Å². The number of aromatic nitrogens is 2. The fraction of sp³-hybridized carbons (Fsp3) is 0.176. The molecule has 1 aromatic carbocycles. The first-order valence-electron chi connectivity index (χ1n) is 7.98. The van der Waals surface area contributed by atoms with E-state index in [0.29, 0.717) is 0 Å². The molecule has 0 fully saturated rings. The van der Waals surface area contributed by atoms with Crippen LogP contribution >= 0.6 is 0 Å². The summed E-state index contributed by atoms with van der Waals surface area (Å²) in [5, 5.41) is 2.09. The van der Waals surface area contributed by atoms with Gasteiger partial charge in [-0.1, -0.05) is 18.1 Å². The molecular weight excluding hydrogens is 420 g/mol. The Morgan fingerprint density at radius 1 is 1.13 bits per heavy atom. The number of urea groups is 1. The van der Waals surface area contributed by atoms with Crippen LogP contribution in [-0.4, -0.2) is 51.2 Å². The van der Waals surface area contributed by atoms with Crippen LogP contribution in [0, 0.1) is 12.3 Å². The maximum Gasteiger partial charge on any atom is 0.411 e. The largest absolute Gasteiger partial charge is 0.481 e. The lowest BCUT2D eigenvalue weighted by Crippen LogP contribution is -2.37. The first-order valence-corrected chi connectivity index (χ1v) is 9.38. The number of rotatable bonds is 8. The number of esters is 1. The number of nitrogens with one attached hydrogen (secondary N) is 2. The van der Waals surface area contributed by atoms with Gasteiger partial charge in [-0.2, -0.15) is 18.4 Å². The monoisotopic (exact) mass is 436 g/mol. The van der Waals surface area contributed by atoms with Gasteiger partial charge in [-0.3, -0.25) is 5.32 Å². The lowest BCUT2D eigenvalue weighted by molar-refractivity contribution is 0.0555. The van der Waals surface area contributed by atoms with Crippen molar-refractivity contribution in [1.82, 2.24) is 14.7 Å². The number of hydrogen-bond acceptors (Lipinski definition) is 10. The molecule has 2 aromatic rings. The Kier molecular flexibility index (Phi) is 7.37. The van der Waals surface area contributed by atoms with Gasteiger partial charge in [-0.05, 0) is 12.1 Å². The second-order valence-electron chi connectivity index (χ2n) is 5.15. The summed E-state index contributed by atoms with van der Waals surface area (Å²) >= 11 is 0. The average Bonchev–Trinajstić information content (AvgIpc) is 2.71. The molecule has 158 valence electrons. The van der Waals surface area contributed by atoms with Crippen LogP contribution < -0.4 is 23.7 Å². The molecule has 1 aromatic heterocycles. The third-order valence-electron chi connectivity index (χ3n) is 3.13. The molecule has 0 saturated heterocycles. The summed E-state index contributed by atoms with van der Waals surface area (Å²) < 4.78 is 45.3. The van der Waals surface area contributed by atoms with Gasteiger partial charge < -0.3 is 18.4 Å². The smallest absolute Gasteiger partial charge is 0.411 e. The van der Waals surface area contributed by atoms with Gasteiger partial charge in [0, 0.05) is 0 Å². The molecule has 0 bridgehead atoms. The number of anilines is 1. The number of hydrogen-bond donors (Lipinski definition) is 2. The second kappa shape index (κ2) is 9.94. The van der Waals surface area contributed by atoms with Crippen LogP contribution in [0.4, 0.5) is 10.7 Å². The number of methoxy groups -OCH3 is 2. The number of carbonyl (C=O) groups excluding carboxylic acids is 2. The number of nitrogens with zero attached hydrogens (tertiary/aromatic N) is 2. The number of para-hydroxylation sites is 1. The van der Waals surface area contributed by atoms with Crippen molar-refractivity contribution >= 4 is 28.3 Å². The zero-order valence-electron chi connectivity index (χ0n) is 15.7. The minimum absolute atomic E-state index is 0.0654. The van der Waals surface area contributed by atoms with Crippen LogP contribution in [0.25, 0.3) is 0 Å². The van der Waals surface area contributed by atoms with Gasteiger partial charge in [0.2, 0.25) is 17.7 Å². The van der Waals surface area contributed by atoms with Gasteiger partial charge in [0.25, 0.3) is 0 Å². The van der Waals surface area contributed by atoms with E-state index in [0.717, 1.165) is 0 Å². The third-order valence-corrected chi connectivity index (χ3v) is 3.97. The zero-order chi connectivity index (χ0) is 22.1. The highest BCUT2D eigenvalue weighted by molar-refractivity contribution is 7.85. The normalized spacial score (nSPS) is 10.3. The minimum atomic E-state index is -4.69. The van der Waals surface area contributed by atoms with Crippen molar-refractivity contribution in [3.05, 3.63) is 35.9 Å². The summed E-state index contributed by atoms with van der Waals surface area (Å²) in [6.07, 6.45) is 5.01. The van der Waals surface area contributed by atoms with Gasteiger partial charge >= 0.3 is 22.3 Å². The van der Waals surface area contributed by atoms with Crippen molar-refractivity contribution in [2.75, 3.05) is 26.1 Å². The Balaban J connectivity index is 2.12. The van der Waals surface area contributed by atoms with Crippen LogP contribution in [0.15, 0.2) is 30.3 Å². The van der Waals surface area contributed by atoms with E-state index in [9.17, 15) is 18.0 Å². The summed E-state index contributed by atoms with van der Waals surface area (Å²) in [5.74, 6) is 0.663. The predicted molar refractivity (Wildman–Crippen MR) is 102 cm³/mol. The standard InChI is InChI=1S/C17H16N4O8S/c1-4-9-28-15(22)11-7-5-6-8-12(11)29-30(24,25)21-17(23)20-16-18-13(26-2)10-14(19-16)27-3/h1,5-8,10H,9H2,2-3H3,(H2,18,19,20,21,23). The summed E-state index contributed by atoms with van der Waals surface area (Å²) in [5.41, 5.74) is -0.209. The fourth-order valence-electron chi connectivity index (χ4n) is 1.94. The van der Waals surface area contributed by atoms with Crippen molar-refractivity contribution in [3.8, 4) is 29.9 Å². The molecule has 0 radical (unpaired) electrons. The van der Waals surface area contributed by atoms with E-state index in [1.54, 1.807) is 4.72 Å². The molecule has 12 nitrogen and oxygen atoms in total. The van der Waals surface area contributed by atoms with Gasteiger partial charge in [-0.25, -0.2) is 14.3 Å². The van der Waals surface area contributed by atoms with Gasteiger partial charge in [0.1, 0.15) is 5.56 Å². The Bertz CT molecular complexity index is 1060. The highest BCUT2D eigenvalue weighted by Gasteiger charge is 2.22. The molecule has 0 aliphatic heterocycles. The molecule has 13 heteroatoms. The zero-order valence-corrected chi connectivity index (χ0v) is 16.6. The van der Waals surface area contributed by atoms with Crippen LogP contribution in [0.2, 0.25) is 0 Å². The lowest BCUT2D eigenvalue weighted by atomic mass is 10.2. The molecule has 1 heterocycles. The number of amides is 2. The van der Waals surface area contributed by atoms with E-state index in [-0.39, 0.29) is 35.6 Å². The highest BCUT2D eigenvalue weighted by Crippen LogP contribution is 2.21.